The van der Waals surface area contributed by atoms with Gasteiger partial charge in [-0.05, 0) is 67.6 Å². The lowest BCUT2D eigenvalue weighted by Crippen LogP contribution is -2.53. The number of hydrogen-bond donors (Lipinski definition) is 4. The lowest BCUT2D eigenvalue weighted by molar-refractivity contribution is -0.148. The molecule has 0 saturated heterocycles. The number of ketones is 3. The molecule has 1 aliphatic carbocycles. The Labute approximate surface area is 324 Å². The van der Waals surface area contributed by atoms with Crippen LogP contribution in [0.1, 0.15) is 102 Å². The lowest BCUT2D eigenvalue weighted by Gasteiger charge is -2.39. The number of nitrogens with one attached hydrogen (secondary N) is 1. The van der Waals surface area contributed by atoms with Crippen LogP contribution in [0.4, 0.5) is 0 Å². The van der Waals surface area contributed by atoms with E-state index in [1.54, 1.807) is 0 Å². The third-order valence-corrected chi connectivity index (χ3v) is 11.2. The highest BCUT2D eigenvalue weighted by molar-refractivity contribution is 5.96. The summed E-state index contributed by atoms with van der Waals surface area (Å²) in [6.07, 6.45) is 5.05. The van der Waals surface area contributed by atoms with Gasteiger partial charge in [-0.2, -0.15) is 0 Å². The Kier molecular flexibility index (Phi) is 16.1. The van der Waals surface area contributed by atoms with Gasteiger partial charge >= 0.3 is 5.97 Å². The maximum atomic E-state index is 14.8. The number of benzene rings is 2. The average molecular weight is 758 g/mol. The Morgan fingerprint density at radius 3 is 2.15 bits per heavy atom. The van der Waals surface area contributed by atoms with Crippen molar-refractivity contribution in [2.24, 2.45) is 46.0 Å². The molecule has 2 aliphatic rings. The number of Topliss-reactive ketones (excluding diaryl/α,β-unsaturated/α-hetero) is 3. The van der Waals surface area contributed by atoms with E-state index in [9.17, 15) is 33.9 Å². The summed E-state index contributed by atoms with van der Waals surface area (Å²) in [6, 6.07) is 14.9. The third-order valence-electron chi connectivity index (χ3n) is 11.2. The van der Waals surface area contributed by atoms with Crippen LogP contribution in [0, 0.1) is 29.6 Å². The van der Waals surface area contributed by atoms with Crippen molar-refractivity contribution in [3.8, 4) is 0 Å². The van der Waals surface area contributed by atoms with Gasteiger partial charge in [0.15, 0.2) is 17.5 Å². The predicted molar refractivity (Wildman–Crippen MR) is 211 cm³/mol. The fourth-order valence-corrected chi connectivity index (χ4v) is 8.16. The molecule has 0 radical (unpaired) electrons. The van der Waals surface area contributed by atoms with E-state index in [1.165, 1.54) is 11.8 Å². The molecule has 12 nitrogen and oxygen atoms in total. The summed E-state index contributed by atoms with van der Waals surface area (Å²) in [7, 11) is 0. The third kappa shape index (κ3) is 12.6. The van der Waals surface area contributed by atoms with Crippen molar-refractivity contribution in [1.29, 1.82) is 0 Å². The quantitative estimate of drug-likeness (QED) is 0.0833. The fourth-order valence-electron chi connectivity index (χ4n) is 8.16. The number of nitrogens with zero attached hydrogens (tertiary/aromatic N) is 2. The zero-order chi connectivity index (χ0) is 40.1. The number of carboxylic acids is 1. The number of nitrogens with two attached hydrogens (primary N) is 2. The summed E-state index contributed by atoms with van der Waals surface area (Å²) < 4.78 is 0. The van der Waals surface area contributed by atoms with Crippen molar-refractivity contribution in [3.05, 3.63) is 71.3 Å². The molecule has 12 heteroatoms. The van der Waals surface area contributed by atoms with Crippen molar-refractivity contribution in [2.75, 3.05) is 6.54 Å². The van der Waals surface area contributed by atoms with Crippen LogP contribution in [0.15, 0.2) is 59.6 Å². The van der Waals surface area contributed by atoms with E-state index < -0.39 is 35.8 Å². The highest BCUT2D eigenvalue weighted by Gasteiger charge is 2.41. The fraction of sp³-hybridized carbons (Fsp3) is 0.558. The van der Waals surface area contributed by atoms with Gasteiger partial charge in [0.2, 0.25) is 11.8 Å². The second kappa shape index (κ2) is 20.7. The number of hydrogen-bond acceptors (Lipinski definition) is 7. The molecule has 2 aromatic carbocycles. The number of guanidine groups is 1. The summed E-state index contributed by atoms with van der Waals surface area (Å²) in [5, 5.41) is 13.2. The Balaban J connectivity index is 1.65. The number of carboxylic acid groups (broad SMARTS) is 1. The van der Waals surface area contributed by atoms with E-state index in [4.69, 9.17) is 11.5 Å². The van der Waals surface area contributed by atoms with Crippen LogP contribution >= 0.6 is 0 Å². The molecule has 0 spiro atoms. The minimum atomic E-state index is -1.09. The summed E-state index contributed by atoms with van der Waals surface area (Å²) in [5.74, 6) is -5.30. The van der Waals surface area contributed by atoms with Gasteiger partial charge in [-0.1, -0.05) is 87.7 Å². The summed E-state index contributed by atoms with van der Waals surface area (Å²) >= 11 is 0. The van der Waals surface area contributed by atoms with Crippen LogP contribution < -0.4 is 16.8 Å². The number of carbonyl (C=O) groups excluding carboxylic acids is 5. The summed E-state index contributed by atoms with van der Waals surface area (Å²) in [5.41, 5.74) is 13.7. The molecule has 0 bridgehead atoms. The molecule has 1 aliphatic heterocycles. The van der Waals surface area contributed by atoms with Crippen molar-refractivity contribution < 1.29 is 33.9 Å². The van der Waals surface area contributed by atoms with E-state index >= 15 is 0 Å². The molecular formula is C43H59N5O7. The molecule has 1 fully saturated rings. The first-order valence-electron chi connectivity index (χ1n) is 19.8. The first-order valence-corrected chi connectivity index (χ1v) is 19.8. The van der Waals surface area contributed by atoms with Gasteiger partial charge in [0.25, 0.3) is 0 Å². The molecule has 5 unspecified atom stereocenters. The minimum absolute atomic E-state index is 0.0704. The maximum Gasteiger partial charge on any atom is 0.307 e. The molecule has 5 atom stereocenters. The monoisotopic (exact) mass is 757 g/mol. The normalized spacial score (nSPS) is 18.0. The number of aliphatic imine (C=N–C) groups is 1. The van der Waals surface area contributed by atoms with Gasteiger partial charge in [-0.25, -0.2) is 0 Å². The van der Waals surface area contributed by atoms with Gasteiger partial charge in [-0.3, -0.25) is 29.0 Å². The van der Waals surface area contributed by atoms with Crippen LogP contribution in [0.5, 0.6) is 0 Å². The van der Waals surface area contributed by atoms with E-state index in [1.807, 2.05) is 68.4 Å². The first kappa shape index (κ1) is 42.9. The molecule has 2 aromatic rings. The van der Waals surface area contributed by atoms with Gasteiger partial charge in [0.1, 0.15) is 5.78 Å². The van der Waals surface area contributed by atoms with E-state index in [0.29, 0.717) is 6.42 Å². The minimum Gasteiger partial charge on any atom is -0.481 e. The van der Waals surface area contributed by atoms with Crippen LogP contribution in [0.2, 0.25) is 0 Å². The van der Waals surface area contributed by atoms with Crippen molar-refractivity contribution in [2.45, 2.75) is 116 Å². The second-order valence-electron chi connectivity index (χ2n) is 15.8. The molecular weight excluding hydrogens is 699 g/mol. The number of carbonyl (C=O) groups is 6. The van der Waals surface area contributed by atoms with Crippen LogP contribution in [0.25, 0.3) is 0 Å². The molecule has 55 heavy (non-hydrogen) atoms. The smallest absolute Gasteiger partial charge is 0.307 e. The van der Waals surface area contributed by atoms with Crippen molar-refractivity contribution >= 4 is 41.1 Å². The van der Waals surface area contributed by atoms with Crippen LogP contribution in [-0.2, 0) is 48.2 Å². The molecule has 1 heterocycles. The predicted octanol–water partition coefficient (Wildman–Crippen LogP) is 4.79. The molecule has 1 saturated carbocycles. The Bertz CT molecular complexity index is 1680. The maximum absolute atomic E-state index is 14.8. The molecule has 4 rings (SSSR count). The lowest BCUT2D eigenvalue weighted by atomic mass is 9.79. The first-order chi connectivity index (χ1) is 26.2. The van der Waals surface area contributed by atoms with Gasteiger partial charge < -0.3 is 31.6 Å². The number of rotatable bonds is 20. The van der Waals surface area contributed by atoms with Gasteiger partial charge in [0.05, 0.1) is 18.0 Å². The SMILES string of the molecule is CC(=O)CC(C(=O)NC(C(=O)CC(CCCN=C(N)N)C(=O)N1Cc2ccccc2CC1C(=O)CC(Cc1ccccc1)C(=O)O)C1CCCCC1)C(C)C. The highest BCUT2D eigenvalue weighted by Crippen LogP contribution is 2.32. The van der Waals surface area contributed by atoms with Crippen LogP contribution in [-0.4, -0.2) is 69.7 Å². The second-order valence-corrected chi connectivity index (χ2v) is 15.8. The average Bonchev–Trinajstić information content (AvgIpc) is 3.16. The van der Waals surface area contributed by atoms with Gasteiger partial charge in [-0.15, -0.1) is 0 Å². The summed E-state index contributed by atoms with van der Waals surface area (Å²) in [6.45, 7) is 5.57. The Morgan fingerprint density at radius 1 is 0.873 bits per heavy atom. The Hall–Kier alpha value is -4.87. The standard InChI is InChI=1S/C43H59N5O7/c1-27(2)35(21-28(3)49)40(52)47-39(30-15-8-5-9-16-30)38(51)24-32(19-12-20-46-43(44)45)41(53)48-26-33-18-11-10-17-31(33)23-36(48)37(50)25-34(42(54)55)22-29-13-6-4-7-14-29/h4,6-7,10-11,13-14,17-18,27,30,32,34-36,39H,5,8-9,12,15-16,19-26H2,1-3H3,(H,47,52)(H,54,55)(H4,44,45,46). The van der Waals surface area contributed by atoms with E-state index in [-0.39, 0.29) is 98.6 Å². The Morgan fingerprint density at radius 2 is 1.53 bits per heavy atom. The number of aliphatic carboxylic acids is 1. The zero-order valence-electron chi connectivity index (χ0n) is 32.6. The summed E-state index contributed by atoms with van der Waals surface area (Å²) in [4.78, 5) is 87.3. The zero-order valence-corrected chi connectivity index (χ0v) is 32.6. The van der Waals surface area contributed by atoms with Gasteiger partial charge in [0, 0.05) is 50.6 Å². The van der Waals surface area contributed by atoms with E-state index in [0.717, 1.165) is 48.8 Å². The number of amides is 2. The largest absolute Gasteiger partial charge is 0.481 e. The molecule has 0 aromatic heterocycles. The molecule has 6 N–H and O–H groups in total. The van der Waals surface area contributed by atoms with Crippen LogP contribution in [0.3, 0.4) is 0 Å². The topological polar surface area (TPSA) is 202 Å². The van der Waals surface area contributed by atoms with E-state index in [2.05, 4.69) is 10.3 Å². The highest BCUT2D eigenvalue weighted by atomic mass is 16.4. The molecule has 298 valence electrons. The number of fused-ring (bicyclic) bond motifs is 1. The van der Waals surface area contributed by atoms with Crippen molar-refractivity contribution in [1.82, 2.24) is 10.2 Å². The molecule has 2 amide bonds. The van der Waals surface area contributed by atoms with Crippen molar-refractivity contribution in [3.63, 3.8) is 0 Å².